The quantitative estimate of drug-likeness (QED) is 0.711. The highest BCUT2D eigenvalue weighted by atomic mass is 15.3. The van der Waals surface area contributed by atoms with Crippen molar-refractivity contribution in [3.8, 4) is 0 Å². The molecule has 124 valence electrons. The van der Waals surface area contributed by atoms with E-state index in [1.165, 1.54) is 62.0 Å². The van der Waals surface area contributed by atoms with Crippen LogP contribution in [-0.4, -0.2) is 35.6 Å². The number of rotatable bonds is 2. The number of hydrogen-bond acceptors (Lipinski definition) is 3. The fraction of sp³-hybridized carbons (Fsp3) is 0.450. The summed E-state index contributed by atoms with van der Waals surface area (Å²) in [5.74, 6) is 2.50. The van der Waals surface area contributed by atoms with E-state index >= 15 is 0 Å². The van der Waals surface area contributed by atoms with Crippen LogP contribution in [0.4, 0.5) is 11.6 Å². The third-order valence-electron chi connectivity index (χ3n) is 5.52. The largest absolute Gasteiger partial charge is 0.358 e. The van der Waals surface area contributed by atoms with E-state index in [1.54, 1.807) is 0 Å². The molecule has 24 heavy (non-hydrogen) atoms. The molecule has 2 aliphatic heterocycles. The molecule has 1 aromatic carbocycles. The Morgan fingerprint density at radius 2 is 1.38 bits per heavy atom. The zero-order chi connectivity index (χ0) is 15.9. The van der Waals surface area contributed by atoms with Gasteiger partial charge in [-0.2, -0.15) is 0 Å². The second-order valence-electron chi connectivity index (χ2n) is 7.08. The molecule has 0 N–H and O–H groups in total. The van der Waals surface area contributed by atoms with Crippen molar-refractivity contribution in [1.82, 2.24) is 9.38 Å². The molecule has 2 aromatic heterocycles. The predicted molar refractivity (Wildman–Crippen MR) is 100 cm³/mol. The molecule has 2 aliphatic rings. The number of aromatic nitrogens is 2. The SMILES string of the molecule is c1ccc2c(c1)nc(N1CCCC1)c1ccc(N3CCCCC3)n12. The van der Waals surface area contributed by atoms with Gasteiger partial charge in [0.2, 0.25) is 0 Å². The van der Waals surface area contributed by atoms with Crippen molar-refractivity contribution >= 4 is 28.2 Å². The third-order valence-corrected chi connectivity index (χ3v) is 5.52. The molecule has 0 saturated carbocycles. The zero-order valence-corrected chi connectivity index (χ0v) is 14.1. The minimum absolute atomic E-state index is 1.10. The molecule has 0 bridgehead atoms. The molecule has 2 saturated heterocycles. The lowest BCUT2D eigenvalue weighted by Crippen LogP contribution is -2.30. The number of hydrogen-bond donors (Lipinski definition) is 0. The van der Waals surface area contributed by atoms with Crippen molar-refractivity contribution in [2.24, 2.45) is 0 Å². The summed E-state index contributed by atoms with van der Waals surface area (Å²) in [5, 5.41) is 0. The van der Waals surface area contributed by atoms with Crippen LogP contribution in [0.25, 0.3) is 16.6 Å². The molecule has 2 fully saturated rings. The highest BCUT2D eigenvalue weighted by Crippen LogP contribution is 2.33. The van der Waals surface area contributed by atoms with E-state index in [9.17, 15) is 0 Å². The molecular weight excluding hydrogens is 296 g/mol. The smallest absolute Gasteiger partial charge is 0.153 e. The first-order valence-electron chi connectivity index (χ1n) is 9.32. The Hall–Kier alpha value is -2.23. The first-order valence-corrected chi connectivity index (χ1v) is 9.32. The summed E-state index contributed by atoms with van der Waals surface area (Å²) in [6.07, 6.45) is 6.52. The molecule has 5 rings (SSSR count). The first kappa shape index (κ1) is 14.1. The Morgan fingerprint density at radius 1 is 0.667 bits per heavy atom. The molecule has 0 amide bonds. The summed E-state index contributed by atoms with van der Waals surface area (Å²) < 4.78 is 2.45. The van der Waals surface area contributed by atoms with Crippen molar-refractivity contribution < 1.29 is 0 Å². The summed E-state index contributed by atoms with van der Waals surface area (Å²) in [6, 6.07) is 13.1. The molecule has 4 nitrogen and oxygen atoms in total. The van der Waals surface area contributed by atoms with Crippen molar-refractivity contribution in [3.05, 3.63) is 36.4 Å². The van der Waals surface area contributed by atoms with Gasteiger partial charge in [-0.3, -0.25) is 4.40 Å². The van der Waals surface area contributed by atoms with Gasteiger partial charge in [-0.15, -0.1) is 0 Å². The summed E-state index contributed by atoms with van der Waals surface area (Å²) in [6.45, 7) is 4.60. The van der Waals surface area contributed by atoms with Gasteiger partial charge < -0.3 is 9.80 Å². The molecular formula is C20H24N4. The van der Waals surface area contributed by atoms with Crippen LogP contribution in [0.2, 0.25) is 0 Å². The van der Waals surface area contributed by atoms with Crippen LogP contribution in [0.15, 0.2) is 36.4 Å². The lowest BCUT2D eigenvalue weighted by molar-refractivity contribution is 0.573. The Labute approximate surface area is 142 Å². The Kier molecular flexibility index (Phi) is 3.35. The van der Waals surface area contributed by atoms with Gasteiger partial charge in [0, 0.05) is 26.2 Å². The van der Waals surface area contributed by atoms with Crippen LogP contribution in [0, 0.1) is 0 Å². The molecule has 0 spiro atoms. The normalized spacial score (nSPS) is 18.8. The standard InChI is InChI=1S/C20H24N4/c1-4-12-22(13-5-1)19-11-10-18-20(23-14-6-7-15-23)21-16-8-2-3-9-17(16)24(18)19/h2-3,8-11H,1,4-7,12-15H2. The van der Waals surface area contributed by atoms with Crippen LogP contribution < -0.4 is 9.80 Å². The molecule has 0 unspecified atom stereocenters. The van der Waals surface area contributed by atoms with E-state index in [0.29, 0.717) is 0 Å². The molecule has 3 aromatic rings. The molecule has 0 aliphatic carbocycles. The van der Waals surface area contributed by atoms with Crippen LogP contribution in [0.5, 0.6) is 0 Å². The maximum atomic E-state index is 5.03. The summed E-state index contributed by atoms with van der Waals surface area (Å²) in [4.78, 5) is 10.0. The monoisotopic (exact) mass is 320 g/mol. The maximum Gasteiger partial charge on any atom is 0.153 e. The summed E-state index contributed by atoms with van der Waals surface area (Å²) >= 11 is 0. The van der Waals surface area contributed by atoms with E-state index in [4.69, 9.17) is 4.98 Å². The van der Waals surface area contributed by atoms with Crippen LogP contribution in [-0.2, 0) is 0 Å². The highest BCUT2D eigenvalue weighted by Gasteiger charge is 2.22. The van der Waals surface area contributed by atoms with Gasteiger partial charge in [0.1, 0.15) is 5.82 Å². The number of para-hydroxylation sites is 2. The van der Waals surface area contributed by atoms with E-state index in [2.05, 4.69) is 50.6 Å². The fourth-order valence-electron chi connectivity index (χ4n) is 4.30. The van der Waals surface area contributed by atoms with E-state index in [1.807, 2.05) is 0 Å². The van der Waals surface area contributed by atoms with Gasteiger partial charge in [0.05, 0.1) is 16.6 Å². The first-order chi connectivity index (χ1) is 11.9. The highest BCUT2D eigenvalue weighted by molar-refractivity contribution is 5.87. The van der Waals surface area contributed by atoms with E-state index in [-0.39, 0.29) is 0 Å². The summed E-state index contributed by atoms with van der Waals surface area (Å²) in [5.41, 5.74) is 3.58. The second kappa shape index (κ2) is 5.69. The van der Waals surface area contributed by atoms with Gasteiger partial charge in [-0.1, -0.05) is 12.1 Å². The average molecular weight is 320 g/mol. The minimum atomic E-state index is 1.10. The zero-order valence-electron chi connectivity index (χ0n) is 14.1. The number of piperidine rings is 1. The molecule has 0 radical (unpaired) electrons. The van der Waals surface area contributed by atoms with Crippen molar-refractivity contribution in [3.63, 3.8) is 0 Å². The maximum absolute atomic E-state index is 5.03. The average Bonchev–Trinajstić information content (AvgIpc) is 3.32. The van der Waals surface area contributed by atoms with Crippen molar-refractivity contribution in [2.75, 3.05) is 36.0 Å². The lowest BCUT2D eigenvalue weighted by Gasteiger charge is -2.29. The van der Waals surface area contributed by atoms with E-state index < -0.39 is 0 Å². The Morgan fingerprint density at radius 3 is 2.21 bits per heavy atom. The van der Waals surface area contributed by atoms with Gasteiger partial charge in [-0.25, -0.2) is 4.98 Å². The van der Waals surface area contributed by atoms with Gasteiger partial charge >= 0.3 is 0 Å². The topological polar surface area (TPSA) is 23.8 Å². The number of anilines is 2. The van der Waals surface area contributed by atoms with Crippen molar-refractivity contribution in [2.45, 2.75) is 32.1 Å². The van der Waals surface area contributed by atoms with Crippen LogP contribution in [0.1, 0.15) is 32.1 Å². The lowest BCUT2D eigenvalue weighted by atomic mass is 10.1. The molecule has 4 heteroatoms. The number of fused-ring (bicyclic) bond motifs is 3. The van der Waals surface area contributed by atoms with Gasteiger partial charge in [-0.05, 0) is 56.4 Å². The molecule has 0 atom stereocenters. The Balaban J connectivity index is 1.76. The fourth-order valence-corrected chi connectivity index (χ4v) is 4.30. The number of nitrogens with zero attached hydrogens (tertiary/aromatic N) is 4. The van der Waals surface area contributed by atoms with Crippen LogP contribution >= 0.6 is 0 Å². The third kappa shape index (κ3) is 2.16. The minimum Gasteiger partial charge on any atom is -0.358 e. The van der Waals surface area contributed by atoms with Gasteiger partial charge in [0.25, 0.3) is 0 Å². The second-order valence-corrected chi connectivity index (χ2v) is 7.08. The van der Waals surface area contributed by atoms with Gasteiger partial charge in [0.15, 0.2) is 5.82 Å². The van der Waals surface area contributed by atoms with Crippen molar-refractivity contribution in [1.29, 1.82) is 0 Å². The number of benzene rings is 1. The summed E-state index contributed by atoms with van der Waals surface area (Å²) in [7, 11) is 0. The Bertz CT molecular complexity index is 870. The van der Waals surface area contributed by atoms with E-state index in [0.717, 1.165) is 24.4 Å². The van der Waals surface area contributed by atoms with Crippen LogP contribution in [0.3, 0.4) is 0 Å². The predicted octanol–water partition coefficient (Wildman–Crippen LogP) is 4.08. The molecule has 4 heterocycles.